The molecule has 152 valence electrons. The third-order valence-electron chi connectivity index (χ3n) is 4.94. The van der Waals surface area contributed by atoms with Gasteiger partial charge in [-0.05, 0) is 32.2 Å². The number of amides is 1. The molecule has 0 aliphatic carbocycles. The van der Waals surface area contributed by atoms with Crippen LogP contribution < -0.4 is 14.8 Å². The molecule has 8 nitrogen and oxygen atoms in total. The third kappa shape index (κ3) is 3.83. The number of anilines is 1. The summed E-state index contributed by atoms with van der Waals surface area (Å²) in [4.78, 5) is 35.6. The monoisotopic (exact) mass is 414 g/mol. The summed E-state index contributed by atoms with van der Waals surface area (Å²) in [5.74, 6) is 0.752. The van der Waals surface area contributed by atoms with Crippen LogP contribution in [-0.4, -0.2) is 62.4 Å². The van der Waals surface area contributed by atoms with Crippen LogP contribution in [0, 0.1) is 6.92 Å². The van der Waals surface area contributed by atoms with Crippen LogP contribution in [0.3, 0.4) is 0 Å². The van der Waals surface area contributed by atoms with Gasteiger partial charge in [0, 0.05) is 31.1 Å². The standard InChI is InChI=1S/C20H22N4O4S/c1-14-11-15-18(29-14)21-16-5-3-4-6-17(16)24(20(26)28-13-27-12-25)19(15)23-9-7-22(2)8-10-23/h3-6,11-12H,7-10,13H2,1-2H3. The van der Waals surface area contributed by atoms with Crippen molar-refractivity contribution >= 4 is 41.1 Å². The van der Waals surface area contributed by atoms with E-state index in [-0.39, 0.29) is 6.47 Å². The fourth-order valence-electron chi connectivity index (χ4n) is 3.53. The molecule has 0 unspecified atom stereocenters. The van der Waals surface area contributed by atoms with E-state index in [1.54, 1.807) is 16.2 Å². The van der Waals surface area contributed by atoms with Crippen LogP contribution >= 0.6 is 11.3 Å². The zero-order valence-corrected chi connectivity index (χ0v) is 17.1. The summed E-state index contributed by atoms with van der Waals surface area (Å²) in [5, 5.41) is 0.904. The van der Waals surface area contributed by atoms with Crippen LogP contribution in [0.1, 0.15) is 4.88 Å². The first-order valence-electron chi connectivity index (χ1n) is 9.32. The van der Waals surface area contributed by atoms with Crippen molar-refractivity contribution in [1.82, 2.24) is 9.80 Å². The zero-order chi connectivity index (χ0) is 20.4. The summed E-state index contributed by atoms with van der Waals surface area (Å²) < 4.78 is 10.7. The van der Waals surface area contributed by atoms with E-state index in [1.807, 2.05) is 31.2 Å². The fraction of sp³-hybridized carbons (Fsp3) is 0.350. The number of likely N-dealkylation sites (N-methyl/N-ethyl adjacent to an activating group) is 1. The number of aryl methyl sites for hydroxylation is 1. The van der Waals surface area contributed by atoms with Gasteiger partial charge >= 0.3 is 6.09 Å². The SMILES string of the molecule is Cc1cc2c(s1)=Nc1ccccc1N(C(=O)OCOC=O)C=2N1CCN(C)CC1. The van der Waals surface area contributed by atoms with Gasteiger partial charge < -0.3 is 19.3 Å². The summed E-state index contributed by atoms with van der Waals surface area (Å²) >= 11 is 1.60. The lowest BCUT2D eigenvalue weighted by atomic mass is 10.2. The molecule has 0 N–H and O–H groups in total. The number of hydrogen-bond donors (Lipinski definition) is 0. The molecule has 1 aromatic heterocycles. The number of carbonyl (C=O) groups excluding carboxylic acids is 2. The average molecular weight is 414 g/mol. The van der Waals surface area contributed by atoms with Crippen LogP contribution in [0.4, 0.5) is 16.2 Å². The van der Waals surface area contributed by atoms with Gasteiger partial charge in [0.25, 0.3) is 6.47 Å². The molecular weight excluding hydrogens is 392 g/mol. The number of hydrogen-bond acceptors (Lipinski definition) is 8. The number of fused-ring (bicyclic) bond motifs is 2. The first kappa shape index (κ1) is 19.4. The van der Waals surface area contributed by atoms with Gasteiger partial charge in [-0.15, -0.1) is 11.3 Å². The van der Waals surface area contributed by atoms with Gasteiger partial charge in [0.1, 0.15) is 10.5 Å². The van der Waals surface area contributed by atoms with Crippen molar-refractivity contribution in [3.8, 4) is 0 Å². The Labute approximate surface area is 172 Å². The van der Waals surface area contributed by atoms with Crippen molar-refractivity contribution in [3.05, 3.63) is 45.1 Å². The first-order chi connectivity index (χ1) is 14.1. The quantitative estimate of drug-likeness (QED) is 0.428. The second-order valence-corrected chi connectivity index (χ2v) is 8.15. The number of benzene rings is 1. The summed E-state index contributed by atoms with van der Waals surface area (Å²) in [7, 11) is 2.09. The number of piperazine rings is 1. The lowest BCUT2D eigenvalue weighted by molar-refractivity contribution is -0.136. The number of nitrogens with zero attached hydrogens (tertiary/aromatic N) is 4. The topological polar surface area (TPSA) is 74.7 Å². The van der Waals surface area contributed by atoms with Crippen molar-refractivity contribution in [1.29, 1.82) is 0 Å². The van der Waals surface area contributed by atoms with E-state index in [9.17, 15) is 9.59 Å². The highest BCUT2D eigenvalue weighted by atomic mass is 32.1. The smallest absolute Gasteiger partial charge is 0.423 e. The molecule has 2 aromatic rings. The lowest BCUT2D eigenvalue weighted by Gasteiger charge is -2.38. The molecule has 3 heterocycles. The molecule has 1 fully saturated rings. The average Bonchev–Trinajstić information content (AvgIpc) is 3.01. The van der Waals surface area contributed by atoms with Crippen molar-refractivity contribution in [2.75, 3.05) is 44.9 Å². The molecule has 4 rings (SSSR count). The number of thiophene rings is 1. The molecule has 2 aliphatic heterocycles. The molecule has 0 atom stereocenters. The van der Waals surface area contributed by atoms with E-state index in [1.165, 1.54) is 0 Å². The first-order valence-corrected chi connectivity index (χ1v) is 10.1. The predicted octanol–water partition coefficient (Wildman–Crippen LogP) is 1.41. The molecule has 1 saturated heterocycles. The van der Waals surface area contributed by atoms with E-state index in [2.05, 4.69) is 27.7 Å². The summed E-state index contributed by atoms with van der Waals surface area (Å²) in [6.45, 7) is 5.17. The Kier molecular flexibility index (Phi) is 5.50. The van der Waals surface area contributed by atoms with Gasteiger partial charge in [-0.2, -0.15) is 0 Å². The molecule has 9 heteroatoms. The molecule has 29 heavy (non-hydrogen) atoms. The molecule has 2 aliphatic rings. The highest BCUT2D eigenvalue weighted by molar-refractivity contribution is 7.09. The van der Waals surface area contributed by atoms with Crippen molar-refractivity contribution < 1.29 is 19.1 Å². The molecule has 0 bridgehead atoms. The Morgan fingerprint density at radius 3 is 2.76 bits per heavy atom. The molecular formula is C20H22N4O4S. The summed E-state index contributed by atoms with van der Waals surface area (Å²) in [6.07, 6.45) is -0.611. The van der Waals surface area contributed by atoms with E-state index in [0.29, 0.717) is 11.4 Å². The Morgan fingerprint density at radius 1 is 1.24 bits per heavy atom. The van der Waals surface area contributed by atoms with Gasteiger partial charge in [0.2, 0.25) is 6.79 Å². The molecule has 0 saturated carbocycles. The Balaban J connectivity index is 1.89. The van der Waals surface area contributed by atoms with Crippen molar-refractivity contribution in [3.63, 3.8) is 0 Å². The maximum Gasteiger partial charge on any atom is 0.423 e. The van der Waals surface area contributed by atoms with Crippen LogP contribution in [-0.2, 0) is 14.3 Å². The minimum Gasteiger partial charge on any atom is -0.430 e. The Hall–Kier alpha value is -2.91. The third-order valence-corrected chi connectivity index (χ3v) is 5.88. The van der Waals surface area contributed by atoms with E-state index < -0.39 is 12.9 Å². The summed E-state index contributed by atoms with van der Waals surface area (Å²) in [5.41, 5.74) is 1.33. The zero-order valence-electron chi connectivity index (χ0n) is 16.3. The van der Waals surface area contributed by atoms with Gasteiger partial charge in [-0.25, -0.2) is 14.7 Å². The highest BCUT2D eigenvalue weighted by Crippen LogP contribution is 2.34. The normalized spacial score (nSPS) is 16.4. The van der Waals surface area contributed by atoms with E-state index in [4.69, 9.17) is 9.73 Å². The second-order valence-electron chi connectivity index (χ2n) is 6.92. The number of carbonyl (C=O) groups is 2. The number of para-hydroxylation sites is 2. The van der Waals surface area contributed by atoms with Crippen LogP contribution in [0.15, 0.2) is 35.3 Å². The molecule has 1 amide bonds. The Bertz CT molecular complexity index is 1040. The van der Waals surface area contributed by atoms with Crippen LogP contribution in [0.2, 0.25) is 0 Å². The largest absolute Gasteiger partial charge is 0.430 e. The molecule has 1 aromatic carbocycles. The molecule has 0 spiro atoms. The number of ether oxygens (including phenoxy) is 2. The fourth-order valence-corrected chi connectivity index (χ4v) is 4.41. The van der Waals surface area contributed by atoms with Crippen LogP contribution in [0.25, 0.3) is 5.82 Å². The minimum absolute atomic E-state index is 0.254. The maximum atomic E-state index is 13.1. The molecule has 0 radical (unpaired) electrons. The van der Waals surface area contributed by atoms with Gasteiger partial charge in [0.05, 0.1) is 16.6 Å². The van der Waals surface area contributed by atoms with Gasteiger partial charge in [-0.3, -0.25) is 4.79 Å². The Morgan fingerprint density at radius 2 is 2.00 bits per heavy atom. The minimum atomic E-state index is -0.611. The van der Waals surface area contributed by atoms with Gasteiger partial charge in [-0.1, -0.05) is 12.1 Å². The van der Waals surface area contributed by atoms with E-state index in [0.717, 1.165) is 46.8 Å². The second kappa shape index (κ2) is 8.22. The van der Waals surface area contributed by atoms with Crippen molar-refractivity contribution in [2.24, 2.45) is 4.99 Å². The van der Waals surface area contributed by atoms with Crippen molar-refractivity contribution in [2.45, 2.75) is 6.92 Å². The predicted molar refractivity (Wildman–Crippen MR) is 109 cm³/mol. The van der Waals surface area contributed by atoms with Gasteiger partial charge in [0.15, 0.2) is 0 Å². The highest BCUT2D eigenvalue weighted by Gasteiger charge is 2.32. The van der Waals surface area contributed by atoms with Crippen LogP contribution in [0.5, 0.6) is 0 Å². The lowest BCUT2D eigenvalue weighted by Crippen LogP contribution is -2.51. The maximum absolute atomic E-state index is 13.1. The van der Waals surface area contributed by atoms with E-state index >= 15 is 0 Å². The summed E-state index contributed by atoms with van der Waals surface area (Å²) in [6, 6.07) is 9.54. The number of rotatable bonds is 4.